The Morgan fingerprint density at radius 1 is 1.03 bits per heavy atom. The van der Waals surface area contributed by atoms with Crippen LogP contribution in [-0.2, 0) is 11.3 Å². The maximum Gasteiger partial charge on any atom is 0.193 e. The van der Waals surface area contributed by atoms with E-state index in [9.17, 15) is 0 Å². The Morgan fingerprint density at radius 3 is 2.28 bits per heavy atom. The third-order valence-corrected chi connectivity index (χ3v) is 5.53. The summed E-state index contributed by atoms with van der Waals surface area (Å²) in [6.45, 7) is 5.30. The molecule has 1 unspecified atom stereocenters. The van der Waals surface area contributed by atoms with Crippen LogP contribution in [0.25, 0.3) is 0 Å². The molecule has 0 saturated carbocycles. The standard InChI is InChI=1S/C24H34N4O/c1-20(22-12-8-5-9-13-22)27-24(14-16-29-17-15-24)19-26-23(28(2)3)25-18-21-10-6-4-7-11-21/h4-13,20,27H,14-19H2,1-3H3,(H,25,26). The summed E-state index contributed by atoms with van der Waals surface area (Å²) >= 11 is 0. The maximum absolute atomic E-state index is 5.66. The van der Waals surface area contributed by atoms with Gasteiger partial charge in [-0.1, -0.05) is 60.7 Å². The Kier molecular flexibility index (Phi) is 7.67. The molecule has 5 nitrogen and oxygen atoms in total. The summed E-state index contributed by atoms with van der Waals surface area (Å²) in [5.41, 5.74) is 2.51. The minimum atomic E-state index is -0.0168. The van der Waals surface area contributed by atoms with Gasteiger partial charge in [0.1, 0.15) is 0 Å². The molecule has 5 heteroatoms. The van der Waals surface area contributed by atoms with Crippen LogP contribution in [0.4, 0.5) is 0 Å². The van der Waals surface area contributed by atoms with Crippen LogP contribution in [-0.4, -0.2) is 50.3 Å². The molecule has 2 aromatic carbocycles. The zero-order valence-corrected chi connectivity index (χ0v) is 17.9. The average molecular weight is 395 g/mol. The third kappa shape index (κ3) is 6.31. The molecule has 1 fully saturated rings. The van der Waals surface area contributed by atoms with Crippen molar-refractivity contribution in [3.05, 3.63) is 71.8 Å². The van der Waals surface area contributed by atoms with Gasteiger partial charge in [-0.2, -0.15) is 0 Å². The highest BCUT2D eigenvalue weighted by atomic mass is 16.5. The number of rotatable bonds is 7. The van der Waals surface area contributed by atoms with Crippen LogP contribution in [0.15, 0.2) is 65.7 Å². The van der Waals surface area contributed by atoms with E-state index >= 15 is 0 Å². The largest absolute Gasteiger partial charge is 0.381 e. The quantitative estimate of drug-likeness (QED) is 0.557. The van der Waals surface area contributed by atoms with Crippen molar-refractivity contribution >= 4 is 5.96 Å². The fourth-order valence-corrected chi connectivity index (χ4v) is 3.77. The molecule has 0 radical (unpaired) electrons. The van der Waals surface area contributed by atoms with E-state index in [1.165, 1.54) is 11.1 Å². The minimum absolute atomic E-state index is 0.0168. The fourth-order valence-electron chi connectivity index (χ4n) is 3.77. The number of ether oxygens (including phenoxy) is 1. The zero-order valence-electron chi connectivity index (χ0n) is 17.9. The topological polar surface area (TPSA) is 48.9 Å². The van der Waals surface area contributed by atoms with Gasteiger partial charge in [0.15, 0.2) is 5.96 Å². The Morgan fingerprint density at radius 2 is 1.66 bits per heavy atom. The molecule has 3 rings (SSSR count). The number of nitrogens with one attached hydrogen (secondary N) is 2. The monoisotopic (exact) mass is 394 g/mol. The first-order valence-corrected chi connectivity index (χ1v) is 10.5. The van der Waals surface area contributed by atoms with Crippen LogP contribution in [0, 0.1) is 0 Å². The lowest BCUT2D eigenvalue weighted by atomic mass is 9.88. The molecule has 0 amide bonds. The lowest BCUT2D eigenvalue weighted by Crippen LogP contribution is -2.58. The summed E-state index contributed by atoms with van der Waals surface area (Å²) in [6.07, 6.45) is 1.97. The number of hydrogen-bond acceptors (Lipinski definition) is 3. The van der Waals surface area contributed by atoms with E-state index in [2.05, 4.69) is 77.1 Å². The number of aliphatic imine (C=N–C) groups is 1. The Labute approximate surface area is 175 Å². The van der Waals surface area contributed by atoms with Gasteiger partial charge in [-0.05, 0) is 30.9 Å². The van der Waals surface area contributed by atoms with Crippen molar-refractivity contribution in [1.29, 1.82) is 0 Å². The summed E-state index contributed by atoms with van der Waals surface area (Å²) in [7, 11) is 4.07. The predicted octanol–water partition coefficient (Wildman–Crippen LogP) is 3.59. The van der Waals surface area contributed by atoms with Crippen molar-refractivity contribution in [2.24, 2.45) is 4.99 Å². The first kappa shape index (κ1) is 21.3. The molecule has 0 bridgehead atoms. The van der Waals surface area contributed by atoms with Crippen LogP contribution in [0.5, 0.6) is 0 Å². The summed E-state index contributed by atoms with van der Waals surface area (Å²) in [5, 5.41) is 7.52. The van der Waals surface area contributed by atoms with E-state index in [1.807, 2.05) is 20.2 Å². The predicted molar refractivity (Wildman–Crippen MR) is 120 cm³/mol. The zero-order chi connectivity index (χ0) is 20.5. The molecule has 156 valence electrons. The van der Waals surface area contributed by atoms with E-state index < -0.39 is 0 Å². The van der Waals surface area contributed by atoms with Gasteiger partial charge in [0.05, 0.1) is 6.54 Å². The number of guanidine groups is 1. The number of nitrogens with zero attached hydrogens (tertiary/aromatic N) is 2. The normalized spacial score (nSPS) is 17.6. The molecule has 1 aliphatic rings. The maximum atomic E-state index is 5.66. The molecular weight excluding hydrogens is 360 g/mol. The van der Waals surface area contributed by atoms with E-state index in [-0.39, 0.29) is 11.6 Å². The second-order valence-electron chi connectivity index (χ2n) is 8.04. The van der Waals surface area contributed by atoms with Crippen molar-refractivity contribution in [1.82, 2.24) is 15.5 Å². The van der Waals surface area contributed by atoms with Crippen LogP contribution >= 0.6 is 0 Å². The van der Waals surface area contributed by atoms with Gasteiger partial charge < -0.3 is 20.3 Å². The highest BCUT2D eigenvalue weighted by molar-refractivity contribution is 5.79. The lowest BCUT2D eigenvalue weighted by Gasteiger charge is -2.41. The third-order valence-electron chi connectivity index (χ3n) is 5.53. The molecule has 0 spiro atoms. The van der Waals surface area contributed by atoms with Crippen LogP contribution in [0.1, 0.15) is 36.9 Å². The van der Waals surface area contributed by atoms with E-state index in [0.717, 1.165) is 38.6 Å². The summed E-state index contributed by atoms with van der Waals surface area (Å²) < 4.78 is 5.66. The molecule has 2 aromatic rings. The molecule has 0 aliphatic carbocycles. The van der Waals surface area contributed by atoms with Gasteiger partial charge >= 0.3 is 0 Å². The average Bonchev–Trinajstić information content (AvgIpc) is 2.75. The second-order valence-corrected chi connectivity index (χ2v) is 8.04. The van der Waals surface area contributed by atoms with E-state index in [0.29, 0.717) is 6.54 Å². The van der Waals surface area contributed by atoms with Crippen molar-refractivity contribution in [2.75, 3.05) is 33.9 Å². The second kappa shape index (κ2) is 10.4. The highest BCUT2D eigenvalue weighted by Gasteiger charge is 2.34. The number of benzene rings is 2. The summed E-state index contributed by atoms with van der Waals surface area (Å²) in [6, 6.07) is 21.3. The molecule has 0 aromatic heterocycles. The van der Waals surface area contributed by atoms with E-state index in [1.54, 1.807) is 0 Å². The SMILES string of the molecule is CC(NC1(CNC(=NCc2ccccc2)N(C)C)CCOCC1)c1ccccc1. The van der Waals surface area contributed by atoms with Crippen molar-refractivity contribution in [3.8, 4) is 0 Å². The van der Waals surface area contributed by atoms with Gasteiger partial charge in [-0.15, -0.1) is 0 Å². The molecule has 1 atom stereocenters. The molecule has 29 heavy (non-hydrogen) atoms. The molecule has 1 aliphatic heterocycles. The molecular formula is C24H34N4O. The van der Waals surface area contributed by atoms with Crippen LogP contribution in [0.3, 0.4) is 0 Å². The van der Waals surface area contributed by atoms with E-state index in [4.69, 9.17) is 9.73 Å². The number of hydrogen-bond donors (Lipinski definition) is 2. The van der Waals surface area contributed by atoms with Crippen molar-refractivity contribution < 1.29 is 4.74 Å². The smallest absolute Gasteiger partial charge is 0.193 e. The first-order valence-electron chi connectivity index (χ1n) is 10.5. The highest BCUT2D eigenvalue weighted by Crippen LogP contribution is 2.25. The Bertz CT molecular complexity index is 755. The van der Waals surface area contributed by atoms with Gasteiger partial charge in [0.25, 0.3) is 0 Å². The first-order chi connectivity index (χ1) is 14.1. The van der Waals surface area contributed by atoms with Crippen LogP contribution in [0.2, 0.25) is 0 Å². The fraction of sp³-hybridized carbons (Fsp3) is 0.458. The summed E-state index contributed by atoms with van der Waals surface area (Å²) in [5.74, 6) is 0.911. The van der Waals surface area contributed by atoms with Crippen LogP contribution < -0.4 is 10.6 Å². The van der Waals surface area contributed by atoms with Gasteiger partial charge in [-0.25, -0.2) is 4.99 Å². The molecule has 1 heterocycles. The molecule has 2 N–H and O–H groups in total. The van der Waals surface area contributed by atoms with Crippen molar-refractivity contribution in [2.45, 2.75) is 37.9 Å². The summed E-state index contributed by atoms with van der Waals surface area (Å²) in [4.78, 5) is 6.87. The lowest BCUT2D eigenvalue weighted by molar-refractivity contribution is 0.0353. The van der Waals surface area contributed by atoms with Gasteiger partial charge in [0.2, 0.25) is 0 Å². The van der Waals surface area contributed by atoms with Gasteiger partial charge in [-0.3, -0.25) is 0 Å². The van der Waals surface area contributed by atoms with Gasteiger partial charge in [0, 0.05) is 45.4 Å². The Balaban J connectivity index is 1.68. The van der Waals surface area contributed by atoms with Crippen molar-refractivity contribution in [3.63, 3.8) is 0 Å². The molecule has 1 saturated heterocycles. The Hall–Kier alpha value is -2.37. The minimum Gasteiger partial charge on any atom is -0.381 e.